The van der Waals surface area contributed by atoms with Crippen molar-refractivity contribution in [3.05, 3.63) is 0 Å². The average Bonchev–Trinajstić information content (AvgIpc) is 2.02. The molecule has 0 nitrogen and oxygen atoms in total. The van der Waals surface area contributed by atoms with Crippen molar-refractivity contribution in [1.82, 2.24) is 0 Å². The van der Waals surface area contributed by atoms with Gasteiger partial charge in [-0.1, -0.05) is 339 Å². The molecule has 0 aliphatic rings. The van der Waals surface area contributed by atoms with Gasteiger partial charge < -0.3 is 0 Å². The molecule has 0 rings (SSSR count). The Bertz CT molecular complexity index is 337. The number of alkyl halides is 15. The summed E-state index contributed by atoms with van der Waals surface area (Å²) in [5.74, 6) is 0. The molecule has 0 bridgehead atoms. The van der Waals surface area contributed by atoms with Gasteiger partial charge in [-0.25, -0.2) is 0 Å². The Balaban J connectivity index is 7.05. The van der Waals surface area contributed by atoms with Gasteiger partial charge >= 0.3 is 0 Å². The fourth-order valence-corrected chi connectivity index (χ4v) is 60.5. The molecule has 0 heterocycles. The van der Waals surface area contributed by atoms with E-state index in [9.17, 15) is 0 Å². The zero-order chi connectivity index (χ0) is 18.6. The van der Waals surface area contributed by atoms with Gasteiger partial charge in [0, 0.05) is 0 Å². The molecule has 0 aliphatic carbocycles. The number of hydrogen-bond donors (Lipinski definition) is 0. The zero-order valence-electron chi connectivity index (χ0n) is 9.17. The van der Waals surface area contributed by atoms with Gasteiger partial charge in [0.05, 0.1) is 5.04 Å². The Morgan fingerprint density at radius 2 is 0.545 bits per heavy atom. The molecule has 0 spiro atoms. The lowest BCUT2D eigenvalue weighted by Crippen LogP contribution is -2.65. The lowest BCUT2D eigenvalue weighted by atomic mass is 10.2. The van der Waals surface area contributed by atoms with Crippen molar-refractivity contribution in [2.45, 2.75) is 1.46 Å². The van der Waals surface area contributed by atoms with Gasteiger partial charge in [-0.2, -0.15) is 0 Å². The molecule has 1 radical (unpaired) electrons. The first kappa shape index (κ1) is 33.2. The molecule has 0 atom stereocenters. The quantitative estimate of drug-likeness (QED) is 0.141. The van der Waals surface area contributed by atoms with Gasteiger partial charge in [-0.05, 0) is 0 Å². The molecule has 0 fully saturated rings. The molecular formula is C6I15Si. The SMILES string of the molecule is IC(I)(I)[Si](C(I)(I)I)C(C(I)(I)I)(C(I)(I)I)C(I)(I)I. The first-order valence-electron chi connectivity index (χ1n) is 4.33. The Labute approximate surface area is 337 Å². The smallest absolute Gasteiger partial charge is 0.0597 e. The molecule has 0 aromatic rings. The summed E-state index contributed by atoms with van der Waals surface area (Å²) >= 11 is 40.3. The van der Waals surface area contributed by atoms with Crippen LogP contribution in [0.2, 0.25) is 5.04 Å². The second kappa shape index (κ2) is 12.4. The van der Waals surface area contributed by atoms with E-state index in [1.54, 1.807) is 0 Å². The van der Waals surface area contributed by atoms with Gasteiger partial charge in [-0.15, -0.1) is 0 Å². The van der Waals surface area contributed by atoms with Crippen molar-refractivity contribution in [3.63, 3.8) is 0 Å². The van der Waals surface area contributed by atoms with Crippen LogP contribution in [0.4, 0.5) is 0 Å². The third kappa shape index (κ3) is 8.99. The lowest BCUT2D eigenvalue weighted by Gasteiger charge is -2.59. The van der Waals surface area contributed by atoms with Crippen LogP contribution in [0.5, 0.6) is 0 Å². The fraction of sp³-hybridized carbons (Fsp3) is 1.00. The molecule has 0 aromatic heterocycles. The normalized spacial score (nSPS) is 16.4. The largest absolute Gasteiger partial charge is 0.155 e. The van der Waals surface area contributed by atoms with Crippen molar-refractivity contribution in [2.75, 3.05) is 0 Å². The van der Waals surface area contributed by atoms with Crippen LogP contribution in [0.3, 0.4) is 0 Å². The molecular weight excluding hydrogens is 2000 g/mol. The molecule has 0 N–H and O–H groups in total. The number of halogens is 15. The van der Waals surface area contributed by atoms with Crippen LogP contribution >= 0.6 is 339 Å². The maximum atomic E-state index is 2.69. The highest BCUT2D eigenvalue weighted by atomic mass is 127. The summed E-state index contributed by atoms with van der Waals surface area (Å²) in [5.41, 5.74) is 0. The summed E-state index contributed by atoms with van der Waals surface area (Å²) in [7, 11) is -0.893. The molecule has 22 heavy (non-hydrogen) atoms. The minimum absolute atomic E-state index is 0.0985. The van der Waals surface area contributed by atoms with Crippen LogP contribution in [-0.2, 0) is 0 Å². The third-order valence-electron chi connectivity index (χ3n) is 2.22. The van der Waals surface area contributed by atoms with E-state index in [0.29, 0.717) is 0 Å². The zero-order valence-corrected chi connectivity index (χ0v) is 42.5. The molecule has 0 saturated heterocycles. The first-order valence-corrected chi connectivity index (χ1v) is 22.0. The number of rotatable bonds is 6. The molecule has 0 aliphatic heterocycles. The van der Waals surface area contributed by atoms with Gasteiger partial charge in [0.1, 0.15) is -3.58 Å². The van der Waals surface area contributed by atoms with Gasteiger partial charge in [-0.3, -0.25) is 0 Å². The van der Waals surface area contributed by atoms with Gasteiger partial charge in [0.25, 0.3) is 0 Å². The first-order chi connectivity index (χ1) is 9.12. The van der Waals surface area contributed by atoms with E-state index in [-0.39, 0.29) is 1.46 Å². The highest BCUT2D eigenvalue weighted by Crippen LogP contribution is 2.83. The number of hydrogen-bond acceptors (Lipinski definition) is 0. The summed E-state index contributed by atoms with van der Waals surface area (Å²) in [4.78, 5) is 0. The van der Waals surface area contributed by atoms with Crippen LogP contribution in [0.15, 0.2) is 0 Å². The molecule has 133 valence electrons. The Hall–Kier alpha value is 11.2. The van der Waals surface area contributed by atoms with E-state index in [1.165, 1.54) is 0 Å². The predicted octanol–water partition coefficient (Wildman–Crippen LogP) is 12.1. The molecule has 16 heteroatoms. The van der Waals surface area contributed by atoms with Crippen LogP contribution in [0.25, 0.3) is 0 Å². The van der Waals surface area contributed by atoms with Gasteiger partial charge in [0.15, 0.2) is 8.80 Å². The summed E-state index contributed by atoms with van der Waals surface area (Å²) in [6, 6.07) is 0. The summed E-state index contributed by atoms with van der Waals surface area (Å²) < 4.78 is 0.700. The maximum absolute atomic E-state index is 2.69. The van der Waals surface area contributed by atoms with Crippen LogP contribution in [0.1, 0.15) is 0 Å². The molecule has 0 unspecified atom stereocenters. The van der Waals surface area contributed by atoms with Crippen molar-refractivity contribution in [3.8, 4) is 0 Å². The molecule has 0 amide bonds. The van der Waals surface area contributed by atoms with E-state index < -0.39 is 8.80 Å². The lowest BCUT2D eigenvalue weighted by molar-refractivity contribution is 0.739. The van der Waals surface area contributed by atoms with E-state index in [2.05, 4.69) is 339 Å². The molecule has 0 saturated carbocycles. The van der Waals surface area contributed by atoms with Crippen molar-refractivity contribution < 1.29 is 0 Å². The summed E-state index contributed by atoms with van der Waals surface area (Å²) in [6.07, 6.45) is 0. The van der Waals surface area contributed by atoms with Crippen molar-refractivity contribution in [2.24, 2.45) is 0 Å². The second-order valence-electron chi connectivity index (χ2n) is 3.61. The van der Waals surface area contributed by atoms with Crippen LogP contribution in [0, 0.1) is 0 Å². The van der Waals surface area contributed by atoms with Crippen molar-refractivity contribution in [1.29, 1.82) is 0 Å². The fourth-order valence-electron chi connectivity index (χ4n) is 1.49. The topological polar surface area (TPSA) is 0 Å². The van der Waals surface area contributed by atoms with E-state index in [1.807, 2.05) is 0 Å². The van der Waals surface area contributed by atoms with E-state index >= 15 is 0 Å². The minimum atomic E-state index is -0.893. The Morgan fingerprint density at radius 1 is 0.364 bits per heavy atom. The predicted molar refractivity (Wildman–Crippen MR) is 232 cm³/mol. The average molecular weight is 2000 g/mol. The van der Waals surface area contributed by atoms with E-state index in [0.717, 1.165) is 0 Å². The Kier molecular flexibility index (Phi) is 18.7. The monoisotopic (exact) mass is 2000 g/mol. The van der Waals surface area contributed by atoms with Crippen molar-refractivity contribution >= 4 is 348 Å². The van der Waals surface area contributed by atoms with Crippen LogP contribution in [-0.4, -0.2) is 5.22 Å². The molecule has 0 aromatic carbocycles. The Morgan fingerprint density at radius 3 is 0.591 bits per heavy atom. The maximum Gasteiger partial charge on any atom is 0.155 e. The third-order valence-corrected chi connectivity index (χ3v) is 26.8. The second-order valence-corrected chi connectivity index (χ2v) is 68.0. The van der Waals surface area contributed by atoms with Gasteiger partial charge in [0.2, 0.25) is 0 Å². The highest BCUT2D eigenvalue weighted by Gasteiger charge is 2.77. The summed E-state index contributed by atoms with van der Waals surface area (Å²) in [6.45, 7) is 0. The standard InChI is InChI=1S/C6I15Si/c7-2(8,9)1(3(10,11)12,4(13,14)15)22(5(16,17)18)6(19,20)21. The summed E-state index contributed by atoms with van der Waals surface area (Å²) in [5, 5.41) is 0.135. The van der Waals surface area contributed by atoms with Crippen LogP contribution < -0.4 is 0 Å². The highest BCUT2D eigenvalue weighted by molar-refractivity contribution is 14.3. The van der Waals surface area contributed by atoms with E-state index in [4.69, 9.17) is 0 Å². The minimum Gasteiger partial charge on any atom is -0.0597 e.